The summed E-state index contributed by atoms with van der Waals surface area (Å²) in [5.41, 5.74) is 1.58. The van der Waals surface area contributed by atoms with Crippen LogP contribution < -0.4 is 15.0 Å². The van der Waals surface area contributed by atoms with E-state index >= 15 is 0 Å². The first kappa shape index (κ1) is 18.2. The second-order valence-corrected chi connectivity index (χ2v) is 6.68. The van der Waals surface area contributed by atoms with Crippen LogP contribution in [0, 0.1) is 6.92 Å². The number of amides is 4. The van der Waals surface area contributed by atoms with Gasteiger partial charge in [0.1, 0.15) is 5.75 Å². The van der Waals surface area contributed by atoms with Gasteiger partial charge >= 0.3 is 6.03 Å². The number of nitrogens with zero attached hydrogens (tertiary/aromatic N) is 3. The van der Waals surface area contributed by atoms with E-state index < -0.39 is 6.03 Å². The van der Waals surface area contributed by atoms with Crippen LogP contribution in [0.1, 0.15) is 12.0 Å². The molecule has 8 nitrogen and oxygen atoms in total. The van der Waals surface area contributed by atoms with Gasteiger partial charge in [0.05, 0.1) is 5.69 Å². The average Bonchev–Trinajstić information content (AvgIpc) is 2.62. The minimum atomic E-state index is -0.435. The van der Waals surface area contributed by atoms with E-state index in [0.717, 1.165) is 18.7 Å². The molecule has 1 N–H and O–H groups in total. The third-order valence-corrected chi connectivity index (χ3v) is 4.74. The Morgan fingerprint density at radius 2 is 1.88 bits per heavy atom. The Balaban J connectivity index is 1.63. The molecule has 8 heteroatoms. The number of piperazine rings is 1. The van der Waals surface area contributed by atoms with Crippen LogP contribution in [0.15, 0.2) is 18.2 Å². The molecule has 2 saturated heterocycles. The molecule has 0 aliphatic carbocycles. The lowest BCUT2D eigenvalue weighted by Gasteiger charge is -2.32. The van der Waals surface area contributed by atoms with Crippen LogP contribution >= 0.6 is 0 Å². The van der Waals surface area contributed by atoms with Crippen molar-refractivity contribution in [3.8, 4) is 5.75 Å². The monoisotopic (exact) mass is 360 g/mol. The third-order valence-electron chi connectivity index (χ3n) is 4.74. The minimum absolute atomic E-state index is 0.0309. The number of carbonyl (C=O) groups is 3. The van der Waals surface area contributed by atoms with Crippen LogP contribution in [-0.2, 0) is 9.59 Å². The minimum Gasteiger partial charge on any atom is -0.484 e. The van der Waals surface area contributed by atoms with Crippen LogP contribution in [0.5, 0.6) is 5.75 Å². The van der Waals surface area contributed by atoms with Crippen molar-refractivity contribution in [3.05, 3.63) is 23.8 Å². The summed E-state index contributed by atoms with van der Waals surface area (Å²) in [6.45, 7) is 5.33. The fourth-order valence-corrected chi connectivity index (χ4v) is 3.06. The number of rotatable bonds is 4. The fraction of sp³-hybridized carbons (Fsp3) is 0.500. The summed E-state index contributed by atoms with van der Waals surface area (Å²) in [6, 6.07) is 4.93. The number of benzene rings is 1. The van der Waals surface area contributed by atoms with E-state index in [-0.39, 0.29) is 24.8 Å². The molecule has 0 saturated carbocycles. The zero-order chi connectivity index (χ0) is 18.7. The number of nitrogens with one attached hydrogen (secondary N) is 1. The van der Waals surface area contributed by atoms with Crippen LogP contribution in [0.25, 0.3) is 0 Å². The van der Waals surface area contributed by atoms with E-state index in [1.54, 1.807) is 17.0 Å². The molecule has 0 spiro atoms. The Kier molecular flexibility index (Phi) is 5.41. The van der Waals surface area contributed by atoms with E-state index in [1.165, 1.54) is 4.90 Å². The van der Waals surface area contributed by atoms with Gasteiger partial charge in [-0.25, -0.2) is 4.79 Å². The standard InChI is InChI=1S/C18H24N4O4/c1-13-3-4-14(11-15(13)22-6-5-16(23)19-18(22)25)26-12-17(24)21-9-7-20(2)8-10-21/h3-4,11H,5-10,12H2,1-2H3,(H,19,23,25). The number of urea groups is 1. The van der Waals surface area contributed by atoms with Crippen LogP contribution in [0.4, 0.5) is 10.5 Å². The van der Waals surface area contributed by atoms with Gasteiger partial charge in [-0.3, -0.25) is 19.8 Å². The van der Waals surface area contributed by atoms with E-state index in [9.17, 15) is 14.4 Å². The topological polar surface area (TPSA) is 82.2 Å². The first-order valence-corrected chi connectivity index (χ1v) is 8.75. The lowest BCUT2D eigenvalue weighted by molar-refractivity contribution is -0.134. The predicted octanol–water partition coefficient (Wildman–Crippen LogP) is 0.594. The number of carbonyl (C=O) groups excluding carboxylic acids is 3. The number of hydrogen-bond donors (Lipinski definition) is 1. The number of likely N-dealkylation sites (N-methyl/N-ethyl adjacent to an activating group) is 1. The van der Waals surface area contributed by atoms with E-state index in [2.05, 4.69) is 10.2 Å². The molecular formula is C18H24N4O4. The predicted molar refractivity (Wildman–Crippen MR) is 96.3 cm³/mol. The molecule has 3 rings (SSSR count). The molecule has 2 aliphatic heterocycles. The number of hydrogen-bond acceptors (Lipinski definition) is 5. The largest absolute Gasteiger partial charge is 0.484 e. The molecule has 2 heterocycles. The summed E-state index contributed by atoms with van der Waals surface area (Å²) in [7, 11) is 2.04. The van der Waals surface area contributed by atoms with Gasteiger partial charge in [-0.1, -0.05) is 6.07 Å². The molecule has 0 radical (unpaired) electrons. The van der Waals surface area contributed by atoms with Crippen molar-refractivity contribution >= 4 is 23.5 Å². The average molecular weight is 360 g/mol. The Bertz CT molecular complexity index is 713. The van der Waals surface area contributed by atoms with Crippen LogP contribution in [0.2, 0.25) is 0 Å². The SMILES string of the molecule is Cc1ccc(OCC(=O)N2CCN(C)CC2)cc1N1CCC(=O)NC1=O. The molecule has 0 atom stereocenters. The lowest BCUT2D eigenvalue weighted by Crippen LogP contribution is -2.49. The highest BCUT2D eigenvalue weighted by Crippen LogP contribution is 2.27. The van der Waals surface area contributed by atoms with Gasteiger partial charge in [0.15, 0.2) is 6.61 Å². The molecule has 140 valence electrons. The van der Waals surface area contributed by atoms with Gasteiger partial charge in [-0.15, -0.1) is 0 Å². The zero-order valence-electron chi connectivity index (χ0n) is 15.2. The van der Waals surface area contributed by atoms with Gasteiger partial charge in [0.25, 0.3) is 5.91 Å². The third kappa shape index (κ3) is 4.13. The maximum atomic E-state index is 12.3. The maximum absolute atomic E-state index is 12.3. The lowest BCUT2D eigenvalue weighted by atomic mass is 10.1. The highest BCUT2D eigenvalue weighted by Gasteiger charge is 2.26. The molecule has 26 heavy (non-hydrogen) atoms. The van der Waals surface area contributed by atoms with Crippen molar-refractivity contribution in [3.63, 3.8) is 0 Å². The van der Waals surface area contributed by atoms with Gasteiger partial charge in [-0.05, 0) is 25.6 Å². The van der Waals surface area contributed by atoms with Gasteiger partial charge in [-0.2, -0.15) is 0 Å². The first-order chi connectivity index (χ1) is 12.4. The number of anilines is 1. The van der Waals surface area contributed by atoms with E-state index in [4.69, 9.17) is 4.74 Å². The number of ether oxygens (including phenoxy) is 1. The second kappa shape index (κ2) is 7.74. The van der Waals surface area contributed by atoms with Crippen molar-refractivity contribution in [2.75, 3.05) is 51.3 Å². The smallest absolute Gasteiger partial charge is 0.328 e. The number of aryl methyl sites for hydroxylation is 1. The molecule has 0 unspecified atom stereocenters. The van der Waals surface area contributed by atoms with Gasteiger partial charge in [0, 0.05) is 45.2 Å². The van der Waals surface area contributed by atoms with Crippen molar-refractivity contribution < 1.29 is 19.1 Å². The Hall–Kier alpha value is -2.61. The highest BCUT2D eigenvalue weighted by atomic mass is 16.5. The highest BCUT2D eigenvalue weighted by molar-refractivity contribution is 6.06. The second-order valence-electron chi connectivity index (χ2n) is 6.68. The van der Waals surface area contributed by atoms with Crippen LogP contribution in [-0.4, -0.2) is 74.0 Å². The van der Waals surface area contributed by atoms with Gasteiger partial charge in [0.2, 0.25) is 5.91 Å². The molecule has 2 aliphatic rings. The molecule has 1 aromatic carbocycles. The summed E-state index contributed by atoms with van der Waals surface area (Å²) in [6.07, 6.45) is 0.262. The molecule has 4 amide bonds. The van der Waals surface area contributed by atoms with Crippen molar-refractivity contribution in [2.45, 2.75) is 13.3 Å². The van der Waals surface area contributed by atoms with Gasteiger partial charge < -0.3 is 14.5 Å². The summed E-state index contributed by atoms with van der Waals surface area (Å²) < 4.78 is 5.66. The normalized spacial score (nSPS) is 18.7. The quantitative estimate of drug-likeness (QED) is 0.850. The summed E-state index contributed by atoms with van der Waals surface area (Å²) in [4.78, 5) is 41.2. The Morgan fingerprint density at radius 3 is 2.58 bits per heavy atom. The van der Waals surface area contributed by atoms with Crippen molar-refractivity contribution in [1.29, 1.82) is 0 Å². The van der Waals surface area contributed by atoms with E-state index in [1.807, 2.05) is 20.0 Å². The van der Waals surface area contributed by atoms with Crippen molar-refractivity contribution in [1.82, 2.24) is 15.1 Å². The Labute approximate surface area is 152 Å². The molecule has 1 aromatic rings. The molecule has 0 bridgehead atoms. The Morgan fingerprint density at radius 1 is 1.15 bits per heavy atom. The summed E-state index contributed by atoms with van der Waals surface area (Å²) >= 11 is 0. The van der Waals surface area contributed by atoms with E-state index in [0.29, 0.717) is 31.1 Å². The molecule has 2 fully saturated rings. The molecule has 0 aromatic heterocycles. The number of imide groups is 1. The van der Waals surface area contributed by atoms with Crippen LogP contribution in [0.3, 0.4) is 0 Å². The molecular weight excluding hydrogens is 336 g/mol. The zero-order valence-corrected chi connectivity index (χ0v) is 15.2. The maximum Gasteiger partial charge on any atom is 0.328 e. The van der Waals surface area contributed by atoms with Crippen molar-refractivity contribution in [2.24, 2.45) is 0 Å². The summed E-state index contributed by atoms with van der Waals surface area (Å²) in [5.74, 6) is 0.216. The fourth-order valence-electron chi connectivity index (χ4n) is 3.06. The summed E-state index contributed by atoms with van der Waals surface area (Å²) in [5, 5.41) is 2.31. The first-order valence-electron chi connectivity index (χ1n) is 8.75.